The van der Waals surface area contributed by atoms with E-state index in [1.165, 1.54) is 12.8 Å². The maximum Gasteiger partial charge on any atom is 0.261 e. The first-order chi connectivity index (χ1) is 15.5. The smallest absolute Gasteiger partial charge is 0.261 e. The molecule has 1 amide bonds. The van der Waals surface area contributed by atoms with Crippen molar-refractivity contribution in [2.75, 3.05) is 10.6 Å². The monoisotopic (exact) mass is 428 g/mol. The Morgan fingerprint density at radius 2 is 2.12 bits per heavy atom. The molecular weight excluding hydrogens is 404 g/mol. The Labute approximate surface area is 185 Å². The number of pyridine rings is 1. The number of amides is 1. The van der Waals surface area contributed by atoms with Crippen LogP contribution in [0.5, 0.6) is 0 Å². The lowest BCUT2D eigenvalue weighted by Crippen LogP contribution is -2.24. The molecule has 4 atom stereocenters. The Morgan fingerprint density at radius 1 is 1.28 bits per heavy atom. The van der Waals surface area contributed by atoms with Crippen LogP contribution >= 0.6 is 0 Å². The highest BCUT2D eigenvalue weighted by molar-refractivity contribution is 6.14. The highest BCUT2D eigenvalue weighted by Gasteiger charge is 2.51. The fourth-order valence-corrected chi connectivity index (χ4v) is 5.96. The molecule has 0 aliphatic heterocycles. The molecule has 3 heterocycles. The number of anilines is 2. The average Bonchev–Trinajstić information content (AvgIpc) is 3.12. The van der Waals surface area contributed by atoms with E-state index >= 15 is 0 Å². The molecule has 2 fully saturated rings. The maximum atomic E-state index is 13.0. The van der Waals surface area contributed by atoms with Gasteiger partial charge in [0.2, 0.25) is 5.76 Å². The van der Waals surface area contributed by atoms with Crippen molar-refractivity contribution in [3.8, 4) is 6.07 Å². The molecule has 3 aliphatic carbocycles. The van der Waals surface area contributed by atoms with Crippen LogP contribution in [0.3, 0.4) is 0 Å². The lowest BCUT2D eigenvalue weighted by molar-refractivity contribution is 0.102. The fourth-order valence-electron chi connectivity index (χ4n) is 5.96. The number of furan rings is 1. The first kappa shape index (κ1) is 19.1. The zero-order valence-corrected chi connectivity index (χ0v) is 18.1. The lowest BCUT2D eigenvalue weighted by atomic mass is 9.84. The molecule has 0 saturated heterocycles. The van der Waals surface area contributed by atoms with E-state index in [0.29, 0.717) is 28.5 Å². The molecule has 32 heavy (non-hydrogen) atoms. The first-order valence-electron chi connectivity index (χ1n) is 11.1. The van der Waals surface area contributed by atoms with Gasteiger partial charge in [-0.05, 0) is 56.4 Å². The molecule has 2 N–H and O–H groups in total. The van der Waals surface area contributed by atoms with Gasteiger partial charge in [0.15, 0.2) is 5.58 Å². The summed E-state index contributed by atoms with van der Waals surface area (Å²) in [6.07, 6.45) is 9.67. The Balaban J connectivity index is 1.28. The number of aromatic nitrogens is 3. The van der Waals surface area contributed by atoms with E-state index in [0.717, 1.165) is 30.6 Å². The normalized spacial score (nSPS) is 25.9. The van der Waals surface area contributed by atoms with Crippen molar-refractivity contribution in [3.05, 3.63) is 47.1 Å². The van der Waals surface area contributed by atoms with Crippen molar-refractivity contribution in [3.63, 3.8) is 0 Å². The van der Waals surface area contributed by atoms with Crippen LogP contribution in [-0.2, 0) is 7.05 Å². The van der Waals surface area contributed by atoms with Crippen LogP contribution in [0, 0.1) is 29.1 Å². The Hall–Kier alpha value is -3.60. The first-order valence-corrected chi connectivity index (χ1v) is 11.1. The van der Waals surface area contributed by atoms with Gasteiger partial charge in [-0.2, -0.15) is 10.4 Å². The number of allylic oxidation sites excluding steroid dienone is 2. The van der Waals surface area contributed by atoms with E-state index in [4.69, 9.17) is 4.42 Å². The standard InChI is InChI=1S/C24H24N6O2/c1-12-3-13-4-14(6-17-16(5-13)22(12)17)28-21-7-18-20(10-26-21)32-19(8-25)23(18)24(31)29-15-9-27-30(2)11-15/h7,9-11,13-14,16-17H,3-6H2,1-2H3,(H,26,28)(H,29,31). The molecule has 162 valence electrons. The largest absolute Gasteiger partial charge is 0.443 e. The van der Waals surface area contributed by atoms with E-state index in [-0.39, 0.29) is 11.3 Å². The summed E-state index contributed by atoms with van der Waals surface area (Å²) in [6, 6.07) is 4.19. The van der Waals surface area contributed by atoms with Crippen LogP contribution in [0.2, 0.25) is 0 Å². The third kappa shape index (κ3) is 3.08. The number of nitrogens with one attached hydrogen (secondary N) is 2. The van der Waals surface area contributed by atoms with Crippen LogP contribution < -0.4 is 10.6 Å². The average molecular weight is 428 g/mol. The number of fused-ring (bicyclic) bond motifs is 3. The van der Waals surface area contributed by atoms with Gasteiger partial charge in [0.1, 0.15) is 17.5 Å². The molecule has 6 rings (SSSR count). The van der Waals surface area contributed by atoms with Crippen LogP contribution in [0.1, 0.15) is 48.7 Å². The zero-order chi connectivity index (χ0) is 22.0. The predicted octanol–water partition coefficient (Wildman–Crippen LogP) is 4.23. The summed E-state index contributed by atoms with van der Waals surface area (Å²) in [7, 11) is 1.77. The van der Waals surface area contributed by atoms with E-state index in [1.54, 1.807) is 41.5 Å². The van der Waals surface area contributed by atoms with Crippen LogP contribution in [-0.4, -0.2) is 26.7 Å². The van der Waals surface area contributed by atoms with E-state index in [9.17, 15) is 10.1 Å². The molecule has 0 radical (unpaired) electrons. The molecule has 2 bridgehead atoms. The topological polar surface area (TPSA) is 109 Å². The van der Waals surface area contributed by atoms with Crippen LogP contribution in [0.15, 0.2) is 40.2 Å². The van der Waals surface area contributed by atoms with Crippen LogP contribution in [0.4, 0.5) is 11.5 Å². The van der Waals surface area contributed by atoms with Crippen LogP contribution in [0.25, 0.3) is 11.0 Å². The number of nitriles is 1. The second kappa shape index (κ2) is 6.95. The highest BCUT2D eigenvalue weighted by Crippen LogP contribution is 2.61. The number of rotatable bonds is 4. The molecule has 4 unspecified atom stereocenters. The van der Waals surface area contributed by atoms with Gasteiger partial charge in [-0.15, -0.1) is 0 Å². The van der Waals surface area contributed by atoms with Gasteiger partial charge in [0, 0.05) is 24.7 Å². The van der Waals surface area contributed by atoms with Crippen molar-refractivity contribution < 1.29 is 9.21 Å². The molecule has 2 saturated carbocycles. The minimum atomic E-state index is -0.402. The molecule has 0 aromatic carbocycles. The summed E-state index contributed by atoms with van der Waals surface area (Å²) >= 11 is 0. The molecule has 3 aromatic rings. The Kier molecular flexibility index (Phi) is 4.15. The minimum absolute atomic E-state index is 0.0182. The number of aryl methyl sites for hydroxylation is 1. The number of carbonyl (C=O) groups is 1. The van der Waals surface area contributed by atoms with E-state index in [1.807, 2.05) is 12.1 Å². The van der Waals surface area contributed by atoms with Crippen molar-refractivity contribution in [2.24, 2.45) is 24.8 Å². The maximum absolute atomic E-state index is 13.0. The second-order valence-corrected chi connectivity index (χ2v) is 9.41. The highest BCUT2D eigenvalue weighted by atomic mass is 16.3. The third-order valence-electron chi connectivity index (χ3n) is 7.23. The van der Waals surface area contributed by atoms with Crippen molar-refractivity contribution in [1.29, 1.82) is 5.26 Å². The predicted molar refractivity (Wildman–Crippen MR) is 119 cm³/mol. The Bertz CT molecular complexity index is 1330. The number of hydrogen-bond donors (Lipinski definition) is 2. The zero-order valence-electron chi connectivity index (χ0n) is 18.1. The summed E-state index contributed by atoms with van der Waals surface area (Å²) in [5.74, 6) is 2.56. The van der Waals surface area contributed by atoms with E-state index < -0.39 is 5.91 Å². The second-order valence-electron chi connectivity index (χ2n) is 9.41. The third-order valence-corrected chi connectivity index (χ3v) is 7.23. The van der Waals surface area contributed by atoms with Gasteiger partial charge in [0.05, 0.1) is 18.1 Å². The molecule has 8 nitrogen and oxygen atoms in total. The van der Waals surface area contributed by atoms with Gasteiger partial charge in [-0.3, -0.25) is 9.48 Å². The quantitative estimate of drug-likeness (QED) is 0.602. The van der Waals surface area contributed by atoms with Crippen molar-refractivity contribution in [1.82, 2.24) is 14.8 Å². The van der Waals surface area contributed by atoms with Gasteiger partial charge < -0.3 is 15.1 Å². The summed E-state index contributed by atoms with van der Waals surface area (Å²) in [5.41, 5.74) is 4.53. The van der Waals surface area contributed by atoms with Gasteiger partial charge in [-0.25, -0.2) is 4.98 Å². The van der Waals surface area contributed by atoms with Crippen molar-refractivity contribution >= 4 is 28.4 Å². The minimum Gasteiger partial charge on any atom is -0.443 e. The number of hydrogen-bond acceptors (Lipinski definition) is 6. The number of nitrogens with zero attached hydrogens (tertiary/aromatic N) is 4. The molecule has 8 heteroatoms. The SMILES string of the molecule is CC1=C2C3CC(C1)CC(Nc1cc4c(C(=O)Nc5cnn(C)c5)c(C#N)oc4cn1)CC23. The van der Waals surface area contributed by atoms with E-state index in [2.05, 4.69) is 27.6 Å². The van der Waals surface area contributed by atoms with Gasteiger partial charge in [0.25, 0.3) is 5.91 Å². The molecule has 3 aromatic heterocycles. The summed E-state index contributed by atoms with van der Waals surface area (Å²) in [4.78, 5) is 17.5. The fraction of sp³-hybridized carbons (Fsp3) is 0.417. The lowest BCUT2D eigenvalue weighted by Gasteiger charge is -2.26. The van der Waals surface area contributed by atoms with Gasteiger partial charge >= 0.3 is 0 Å². The Morgan fingerprint density at radius 3 is 2.91 bits per heavy atom. The molecule has 3 aliphatic rings. The molecular formula is C24H24N6O2. The summed E-state index contributed by atoms with van der Waals surface area (Å²) in [6.45, 7) is 2.31. The molecule has 0 spiro atoms. The number of carbonyl (C=O) groups excluding carboxylic acids is 1. The van der Waals surface area contributed by atoms with Crippen molar-refractivity contribution in [2.45, 2.75) is 38.6 Å². The van der Waals surface area contributed by atoms with Gasteiger partial charge in [-0.1, -0.05) is 11.1 Å². The summed E-state index contributed by atoms with van der Waals surface area (Å²) < 4.78 is 7.21. The summed E-state index contributed by atoms with van der Waals surface area (Å²) in [5, 5.41) is 20.6.